The first-order valence-electron chi connectivity index (χ1n) is 11.9. The van der Waals surface area contributed by atoms with Gasteiger partial charge in [-0.15, -0.1) is 0 Å². The fourth-order valence-corrected chi connectivity index (χ4v) is 4.96. The molecule has 0 saturated carbocycles. The van der Waals surface area contributed by atoms with Crippen molar-refractivity contribution in [3.05, 3.63) is 118 Å². The second-order valence-electron chi connectivity index (χ2n) is 8.89. The maximum absolute atomic E-state index is 13.1. The molecule has 1 aromatic heterocycles. The number of benzene rings is 3. The number of thioether (sulfide) groups is 1. The molecule has 1 aliphatic heterocycles. The van der Waals surface area contributed by atoms with Crippen LogP contribution >= 0.6 is 11.8 Å². The van der Waals surface area contributed by atoms with Gasteiger partial charge in [0.05, 0.1) is 10.6 Å². The highest BCUT2D eigenvalue weighted by molar-refractivity contribution is 8.18. The number of amidine groups is 1. The number of halogens is 1. The number of carbonyl (C=O) groups is 1. The molecule has 2 heterocycles. The summed E-state index contributed by atoms with van der Waals surface area (Å²) in [6.45, 7) is 6.48. The molecule has 5 rings (SSSR count). The minimum absolute atomic E-state index is 0.150. The summed E-state index contributed by atoms with van der Waals surface area (Å²) in [5.74, 6) is 0.323. The molecule has 186 valence electrons. The van der Waals surface area contributed by atoms with Crippen molar-refractivity contribution in [3.8, 4) is 11.4 Å². The quantitative estimate of drug-likeness (QED) is 0.283. The van der Waals surface area contributed by atoms with Crippen LogP contribution in [0.1, 0.15) is 28.1 Å². The molecule has 1 aliphatic rings. The van der Waals surface area contributed by atoms with Crippen molar-refractivity contribution in [1.29, 1.82) is 0 Å². The van der Waals surface area contributed by atoms with Crippen LogP contribution in [0.3, 0.4) is 0 Å². The van der Waals surface area contributed by atoms with E-state index in [1.54, 1.807) is 12.1 Å². The van der Waals surface area contributed by atoms with Crippen molar-refractivity contribution >= 4 is 34.6 Å². The molecule has 7 heteroatoms. The van der Waals surface area contributed by atoms with Gasteiger partial charge in [-0.05, 0) is 104 Å². The highest BCUT2D eigenvalue weighted by Gasteiger charge is 2.24. The Morgan fingerprint density at radius 2 is 1.68 bits per heavy atom. The lowest BCUT2D eigenvalue weighted by Crippen LogP contribution is -2.19. The SMILES string of the molecule is Cc1ccc(N=C2NC(=O)/C(=C\c3cc(C)n(-c4ccc(OCc5ccc(F)cc5)cc4)c3C)S2)cc1. The number of aryl methyl sites for hydroxylation is 2. The number of nitrogens with one attached hydrogen (secondary N) is 1. The van der Waals surface area contributed by atoms with Crippen LogP contribution < -0.4 is 10.1 Å². The number of aliphatic imine (C=N–C) groups is 1. The lowest BCUT2D eigenvalue weighted by Gasteiger charge is -2.11. The van der Waals surface area contributed by atoms with E-state index in [4.69, 9.17) is 4.74 Å². The number of amides is 1. The Labute approximate surface area is 219 Å². The highest BCUT2D eigenvalue weighted by atomic mass is 32.2. The van der Waals surface area contributed by atoms with Gasteiger partial charge >= 0.3 is 0 Å². The normalized spacial score (nSPS) is 15.4. The molecule has 0 bridgehead atoms. The maximum Gasteiger partial charge on any atom is 0.264 e. The van der Waals surface area contributed by atoms with Crippen LogP contribution in [0.5, 0.6) is 5.75 Å². The molecule has 5 nitrogen and oxygen atoms in total. The summed E-state index contributed by atoms with van der Waals surface area (Å²) in [6.07, 6.45) is 1.91. The first-order valence-corrected chi connectivity index (χ1v) is 12.7. The van der Waals surface area contributed by atoms with Crippen LogP contribution in [0.25, 0.3) is 11.8 Å². The molecule has 0 radical (unpaired) electrons. The Bertz CT molecular complexity index is 1500. The molecule has 37 heavy (non-hydrogen) atoms. The average molecular weight is 512 g/mol. The molecule has 0 unspecified atom stereocenters. The molecular formula is C30H26FN3O2S. The summed E-state index contributed by atoms with van der Waals surface area (Å²) in [7, 11) is 0. The van der Waals surface area contributed by atoms with Gasteiger partial charge in [-0.1, -0.05) is 29.8 Å². The molecule has 1 fully saturated rings. The van der Waals surface area contributed by atoms with Crippen LogP contribution in [-0.2, 0) is 11.4 Å². The predicted octanol–water partition coefficient (Wildman–Crippen LogP) is 7.01. The summed E-state index contributed by atoms with van der Waals surface area (Å²) in [5, 5.41) is 3.43. The van der Waals surface area contributed by atoms with Gasteiger partial charge in [0, 0.05) is 17.1 Å². The Kier molecular flexibility index (Phi) is 6.97. The number of rotatable bonds is 6. The molecule has 1 N–H and O–H groups in total. The molecular weight excluding hydrogens is 485 g/mol. The van der Waals surface area contributed by atoms with E-state index in [1.807, 2.05) is 75.4 Å². The van der Waals surface area contributed by atoms with E-state index in [0.29, 0.717) is 16.7 Å². The van der Waals surface area contributed by atoms with E-state index in [-0.39, 0.29) is 11.7 Å². The van der Waals surface area contributed by atoms with Crippen LogP contribution in [0.2, 0.25) is 0 Å². The maximum atomic E-state index is 13.1. The Hall–Kier alpha value is -4.10. The van der Waals surface area contributed by atoms with E-state index >= 15 is 0 Å². The smallest absolute Gasteiger partial charge is 0.264 e. The standard InChI is InChI=1S/C30H26FN3O2S/c1-19-4-10-25(11-5-19)32-30-33-29(35)28(37-30)17-23-16-20(2)34(21(23)3)26-12-14-27(15-13-26)36-18-22-6-8-24(31)9-7-22/h4-17H,18H2,1-3H3,(H,32,33,35)/b28-17+. The van der Waals surface area contributed by atoms with Gasteiger partial charge in [0.25, 0.3) is 5.91 Å². The summed E-state index contributed by atoms with van der Waals surface area (Å²) in [4.78, 5) is 17.8. The van der Waals surface area contributed by atoms with Crippen molar-refractivity contribution in [1.82, 2.24) is 9.88 Å². The topological polar surface area (TPSA) is 55.6 Å². The Morgan fingerprint density at radius 1 is 0.973 bits per heavy atom. The first-order chi connectivity index (χ1) is 17.9. The number of aromatic nitrogens is 1. The predicted molar refractivity (Wildman–Crippen MR) is 148 cm³/mol. The highest BCUT2D eigenvalue weighted by Crippen LogP contribution is 2.31. The zero-order valence-corrected chi connectivity index (χ0v) is 21.6. The molecule has 1 saturated heterocycles. The van der Waals surface area contributed by atoms with Crippen LogP contribution in [0.4, 0.5) is 10.1 Å². The van der Waals surface area contributed by atoms with Gasteiger partial charge in [0.2, 0.25) is 0 Å². The van der Waals surface area contributed by atoms with Gasteiger partial charge in [0.15, 0.2) is 5.17 Å². The fraction of sp³-hybridized carbons (Fsp3) is 0.133. The summed E-state index contributed by atoms with van der Waals surface area (Å²) >= 11 is 1.34. The van der Waals surface area contributed by atoms with Crippen molar-refractivity contribution in [3.63, 3.8) is 0 Å². The van der Waals surface area contributed by atoms with Gasteiger partial charge in [0.1, 0.15) is 18.2 Å². The summed E-state index contributed by atoms with van der Waals surface area (Å²) in [5.41, 5.74) is 6.93. The number of ether oxygens (including phenoxy) is 1. The molecule has 4 aromatic rings. The van der Waals surface area contributed by atoms with Crippen molar-refractivity contribution < 1.29 is 13.9 Å². The lowest BCUT2D eigenvalue weighted by molar-refractivity contribution is -0.115. The summed E-state index contributed by atoms with van der Waals surface area (Å²) in [6, 6.07) is 24.1. The van der Waals surface area contributed by atoms with Gasteiger partial charge in [-0.2, -0.15) is 0 Å². The fourth-order valence-electron chi connectivity index (χ4n) is 4.13. The summed E-state index contributed by atoms with van der Waals surface area (Å²) < 4.78 is 21.1. The number of carbonyl (C=O) groups excluding carboxylic acids is 1. The first kappa shape index (κ1) is 24.6. The molecule has 0 spiro atoms. The molecule has 3 aromatic carbocycles. The monoisotopic (exact) mass is 511 g/mol. The van der Waals surface area contributed by atoms with E-state index < -0.39 is 0 Å². The van der Waals surface area contributed by atoms with Crippen molar-refractivity contribution in [2.24, 2.45) is 4.99 Å². The van der Waals surface area contributed by atoms with E-state index in [2.05, 4.69) is 20.9 Å². The molecule has 0 atom stereocenters. The third-order valence-electron chi connectivity index (χ3n) is 6.09. The number of hydrogen-bond acceptors (Lipinski definition) is 4. The van der Waals surface area contributed by atoms with Crippen LogP contribution in [0.15, 0.2) is 88.8 Å². The van der Waals surface area contributed by atoms with Gasteiger partial charge < -0.3 is 14.6 Å². The molecule has 0 aliphatic carbocycles. The minimum Gasteiger partial charge on any atom is -0.489 e. The van der Waals surface area contributed by atoms with Gasteiger partial charge in [-0.3, -0.25) is 4.79 Å². The third-order valence-corrected chi connectivity index (χ3v) is 7.00. The van der Waals surface area contributed by atoms with Crippen LogP contribution in [-0.4, -0.2) is 15.6 Å². The van der Waals surface area contributed by atoms with Crippen LogP contribution in [0, 0.1) is 26.6 Å². The minimum atomic E-state index is -0.261. The zero-order chi connectivity index (χ0) is 25.9. The Morgan fingerprint density at radius 3 is 2.38 bits per heavy atom. The lowest BCUT2D eigenvalue weighted by atomic mass is 10.2. The average Bonchev–Trinajstić information content (AvgIpc) is 3.37. The Balaban J connectivity index is 1.31. The number of hydrogen-bond donors (Lipinski definition) is 1. The van der Waals surface area contributed by atoms with Gasteiger partial charge in [-0.25, -0.2) is 9.38 Å². The number of nitrogens with zero attached hydrogens (tertiary/aromatic N) is 2. The second-order valence-corrected chi connectivity index (χ2v) is 9.92. The van der Waals surface area contributed by atoms with E-state index in [0.717, 1.165) is 45.2 Å². The van der Waals surface area contributed by atoms with E-state index in [9.17, 15) is 9.18 Å². The third kappa shape index (κ3) is 5.67. The zero-order valence-electron chi connectivity index (χ0n) is 20.8. The van der Waals surface area contributed by atoms with Crippen molar-refractivity contribution in [2.45, 2.75) is 27.4 Å². The second kappa shape index (κ2) is 10.5. The van der Waals surface area contributed by atoms with Crippen molar-refractivity contribution in [2.75, 3.05) is 0 Å². The van der Waals surface area contributed by atoms with E-state index in [1.165, 1.54) is 23.9 Å². The largest absolute Gasteiger partial charge is 0.489 e. The molecule has 1 amide bonds.